The van der Waals surface area contributed by atoms with Crippen LogP contribution in [0.4, 0.5) is 4.39 Å². The van der Waals surface area contributed by atoms with Crippen molar-refractivity contribution in [2.45, 2.75) is 24.2 Å². The van der Waals surface area contributed by atoms with Gasteiger partial charge in [-0.3, -0.25) is 9.59 Å². The number of hydrogen-bond donors (Lipinski definition) is 0. The number of amides is 1. The molecule has 194 valence electrons. The summed E-state index contributed by atoms with van der Waals surface area (Å²) in [7, 11) is 2.99. The Morgan fingerprint density at radius 2 is 1.71 bits per heavy atom. The van der Waals surface area contributed by atoms with Gasteiger partial charge < -0.3 is 14.4 Å². The Balaban J connectivity index is 1.51. The molecule has 0 N–H and O–H groups in total. The third kappa shape index (κ3) is 3.15. The molecule has 1 aliphatic heterocycles. The average Bonchev–Trinajstić information content (AvgIpc) is 3.40. The van der Waals surface area contributed by atoms with Crippen LogP contribution in [0.3, 0.4) is 0 Å². The van der Waals surface area contributed by atoms with Gasteiger partial charge in [0.25, 0.3) is 5.91 Å². The number of para-hydroxylation sites is 1. The van der Waals surface area contributed by atoms with Crippen LogP contribution in [-0.2, 0) is 19.7 Å². The second kappa shape index (κ2) is 8.83. The molecule has 4 unspecified atom stereocenters. The third-order valence-electron chi connectivity index (χ3n) is 9.24. The van der Waals surface area contributed by atoms with Crippen molar-refractivity contribution in [2.75, 3.05) is 27.3 Å². The number of methoxy groups -OCH3 is 2. The first-order chi connectivity index (χ1) is 18.4. The number of ether oxygens (including phenoxy) is 2. The van der Waals surface area contributed by atoms with Gasteiger partial charge in [0.15, 0.2) is 0 Å². The van der Waals surface area contributed by atoms with E-state index in [1.807, 2.05) is 42.5 Å². The fourth-order valence-electron chi connectivity index (χ4n) is 7.73. The highest BCUT2D eigenvalue weighted by atomic mass is 19.1. The van der Waals surface area contributed by atoms with Crippen LogP contribution in [0.25, 0.3) is 5.57 Å². The van der Waals surface area contributed by atoms with Crippen molar-refractivity contribution in [1.29, 1.82) is 0 Å². The van der Waals surface area contributed by atoms with Crippen molar-refractivity contribution >= 4 is 17.4 Å². The summed E-state index contributed by atoms with van der Waals surface area (Å²) in [6, 6.07) is 22.2. The van der Waals surface area contributed by atoms with Crippen LogP contribution in [-0.4, -0.2) is 44.1 Å². The van der Waals surface area contributed by atoms with Crippen molar-refractivity contribution in [3.63, 3.8) is 0 Å². The van der Waals surface area contributed by atoms with Crippen LogP contribution < -0.4 is 4.74 Å². The Kier molecular flexibility index (Phi) is 5.67. The average molecular weight is 512 g/mol. The number of rotatable bonds is 5. The van der Waals surface area contributed by atoms with Crippen LogP contribution in [0.2, 0.25) is 0 Å². The molecular weight excluding hydrogens is 481 g/mol. The second-order valence-corrected chi connectivity index (χ2v) is 10.6. The summed E-state index contributed by atoms with van der Waals surface area (Å²) in [6.45, 7) is 4.73. The molecule has 1 amide bonds. The lowest BCUT2D eigenvalue weighted by molar-refractivity contribution is -0.161. The van der Waals surface area contributed by atoms with Gasteiger partial charge in [-0.15, -0.1) is 0 Å². The predicted octanol–water partition coefficient (Wildman–Crippen LogP) is 5.34. The molecule has 6 heteroatoms. The number of likely N-dealkylation sites (tertiary alicyclic amines) is 1. The first kappa shape index (κ1) is 24.4. The number of esters is 1. The molecule has 1 saturated heterocycles. The summed E-state index contributed by atoms with van der Waals surface area (Å²) >= 11 is 0. The van der Waals surface area contributed by atoms with Gasteiger partial charge in [-0.25, -0.2) is 4.39 Å². The van der Waals surface area contributed by atoms with E-state index in [4.69, 9.17) is 9.47 Å². The summed E-state index contributed by atoms with van der Waals surface area (Å²) < 4.78 is 25.0. The van der Waals surface area contributed by atoms with Crippen molar-refractivity contribution < 1.29 is 23.5 Å². The molecule has 38 heavy (non-hydrogen) atoms. The molecule has 4 aliphatic rings. The van der Waals surface area contributed by atoms with Gasteiger partial charge in [-0.2, -0.15) is 0 Å². The molecule has 1 heterocycles. The van der Waals surface area contributed by atoms with Crippen molar-refractivity contribution in [1.82, 2.24) is 4.90 Å². The van der Waals surface area contributed by atoms with Crippen LogP contribution in [0.1, 0.15) is 41.0 Å². The van der Waals surface area contributed by atoms with E-state index in [1.54, 1.807) is 18.1 Å². The first-order valence-corrected chi connectivity index (χ1v) is 12.9. The normalized spacial score (nSPS) is 26.9. The summed E-state index contributed by atoms with van der Waals surface area (Å²) in [4.78, 5) is 29.6. The van der Waals surface area contributed by atoms with Crippen LogP contribution in [0.5, 0.6) is 5.75 Å². The quantitative estimate of drug-likeness (QED) is 0.343. The standard InChI is InChI=1S/C32H30FNO4/c1-20(23-8-5-7-11-27(23)37-2)29(35)34-18-28-31(21-12-14-22(33)15-13-21)17-16-26(24-9-4-6-10-25(24)31)32(28,19-34)30(36)38-3/h4-15,26,28H,1,16-19H2,2-3H3. The van der Waals surface area contributed by atoms with Crippen LogP contribution >= 0.6 is 0 Å². The Bertz CT molecular complexity index is 1450. The fraction of sp³-hybridized carbons (Fsp3) is 0.312. The van der Waals surface area contributed by atoms with Gasteiger partial charge >= 0.3 is 5.97 Å². The zero-order valence-electron chi connectivity index (χ0n) is 21.6. The summed E-state index contributed by atoms with van der Waals surface area (Å²) in [5.41, 5.74) is 2.69. The maximum absolute atomic E-state index is 14.0. The summed E-state index contributed by atoms with van der Waals surface area (Å²) in [5.74, 6) is -0.595. The molecule has 0 aromatic heterocycles. The largest absolute Gasteiger partial charge is 0.496 e. The molecule has 7 rings (SSSR count). The van der Waals surface area contributed by atoms with Gasteiger partial charge in [-0.05, 0) is 47.7 Å². The van der Waals surface area contributed by atoms with E-state index in [9.17, 15) is 14.0 Å². The van der Waals surface area contributed by atoms with Crippen molar-refractivity contribution in [3.05, 3.63) is 107 Å². The van der Waals surface area contributed by atoms with Crippen molar-refractivity contribution in [2.24, 2.45) is 11.3 Å². The molecule has 2 bridgehead atoms. The fourth-order valence-corrected chi connectivity index (χ4v) is 7.73. The van der Waals surface area contributed by atoms with E-state index in [0.717, 1.165) is 29.5 Å². The molecule has 1 saturated carbocycles. The van der Waals surface area contributed by atoms with Gasteiger partial charge in [0.05, 0.1) is 19.6 Å². The summed E-state index contributed by atoms with van der Waals surface area (Å²) in [6.07, 6.45) is 1.58. The molecule has 3 aromatic rings. The van der Waals surface area contributed by atoms with E-state index < -0.39 is 10.8 Å². The second-order valence-electron chi connectivity index (χ2n) is 10.6. The molecule has 0 spiro atoms. The summed E-state index contributed by atoms with van der Waals surface area (Å²) in [5, 5.41) is 0. The third-order valence-corrected chi connectivity index (χ3v) is 9.24. The minimum atomic E-state index is -0.924. The number of nitrogens with zero attached hydrogens (tertiary/aromatic N) is 1. The molecule has 4 atom stereocenters. The highest BCUT2D eigenvalue weighted by Gasteiger charge is 2.71. The Labute approximate surface area is 221 Å². The monoisotopic (exact) mass is 511 g/mol. The van der Waals surface area contributed by atoms with E-state index in [0.29, 0.717) is 23.4 Å². The van der Waals surface area contributed by atoms with Crippen LogP contribution in [0.15, 0.2) is 79.4 Å². The number of hydrogen-bond acceptors (Lipinski definition) is 4. The minimum Gasteiger partial charge on any atom is -0.496 e. The SMILES string of the molecule is C=C(C(=O)N1CC2C3(c4ccc(F)cc4)CCC(c4ccccc43)C2(C(=O)OC)C1)c1ccccc1OC. The van der Waals surface area contributed by atoms with Crippen molar-refractivity contribution in [3.8, 4) is 5.75 Å². The van der Waals surface area contributed by atoms with Gasteiger partial charge in [0.2, 0.25) is 0 Å². The lowest BCUT2D eigenvalue weighted by Gasteiger charge is -2.59. The van der Waals surface area contributed by atoms with E-state index in [2.05, 4.69) is 18.7 Å². The smallest absolute Gasteiger partial charge is 0.314 e. The maximum atomic E-state index is 14.0. The number of fused-ring (bicyclic) bond motifs is 1. The minimum absolute atomic E-state index is 0.0872. The number of carbonyl (C=O) groups is 2. The molecule has 3 aliphatic carbocycles. The Morgan fingerprint density at radius 3 is 2.45 bits per heavy atom. The lowest BCUT2D eigenvalue weighted by Crippen LogP contribution is -2.60. The molecule has 2 fully saturated rings. The number of halogens is 1. The maximum Gasteiger partial charge on any atom is 0.314 e. The van der Waals surface area contributed by atoms with Gasteiger partial charge in [-0.1, -0.05) is 61.2 Å². The van der Waals surface area contributed by atoms with Gasteiger partial charge in [0.1, 0.15) is 11.6 Å². The molecule has 0 radical (unpaired) electrons. The molecular formula is C32H30FNO4. The topological polar surface area (TPSA) is 55.8 Å². The van der Waals surface area contributed by atoms with Gasteiger partial charge in [0, 0.05) is 41.5 Å². The molecule has 3 aromatic carbocycles. The van der Waals surface area contributed by atoms with E-state index in [-0.39, 0.29) is 36.1 Å². The number of benzene rings is 3. The molecule has 5 nitrogen and oxygen atoms in total. The van der Waals surface area contributed by atoms with Crippen LogP contribution in [0, 0.1) is 17.2 Å². The lowest BCUT2D eigenvalue weighted by atomic mass is 9.42. The van der Waals surface area contributed by atoms with E-state index in [1.165, 1.54) is 19.2 Å². The Morgan fingerprint density at radius 1 is 1.00 bits per heavy atom. The zero-order valence-corrected chi connectivity index (χ0v) is 21.6. The first-order valence-electron chi connectivity index (χ1n) is 12.9. The highest BCUT2D eigenvalue weighted by molar-refractivity contribution is 6.19. The Hall–Kier alpha value is -3.93. The highest BCUT2D eigenvalue weighted by Crippen LogP contribution is 2.69. The zero-order chi connectivity index (χ0) is 26.7. The van der Waals surface area contributed by atoms with E-state index >= 15 is 0 Å². The predicted molar refractivity (Wildman–Crippen MR) is 142 cm³/mol. The number of carbonyl (C=O) groups excluding carboxylic acids is 2.